The van der Waals surface area contributed by atoms with Gasteiger partial charge in [0.2, 0.25) is 5.88 Å². The van der Waals surface area contributed by atoms with Gasteiger partial charge in [0, 0.05) is 29.7 Å². The van der Waals surface area contributed by atoms with E-state index >= 15 is 0 Å². The quantitative estimate of drug-likeness (QED) is 0.486. The summed E-state index contributed by atoms with van der Waals surface area (Å²) in [6.07, 6.45) is 3.93. The van der Waals surface area contributed by atoms with Crippen LogP contribution in [0.2, 0.25) is 10.0 Å². The highest BCUT2D eigenvalue weighted by atomic mass is 35.5. The smallest absolute Gasteiger partial charge is 0.308 e. The van der Waals surface area contributed by atoms with Gasteiger partial charge in [-0.2, -0.15) is 0 Å². The largest absolute Gasteiger partial charge is 0.439 e. The van der Waals surface area contributed by atoms with Gasteiger partial charge in [0.15, 0.2) is 0 Å². The van der Waals surface area contributed by atoms with Gasteiger partial charge >= 0.3 is 5.97 Å². The lowest BCUT2D eigenvalue weighted by Crippen LogP contribution is -2.12. The maximum absolute atomic E-state index is 12.4. The molecule has 0 unspecified atom stereocenters. The number of hydrogen-bond acceptors (Lipinski definition) is 5. The minimum absolute atomic E-state index is 0.304. The molecule has 1 amide bonds. The molecule has 3 aromatic rings. The van der Waals surface area contributed by atoms with Crippen molar-refractivity contribution in [2.45, 2.75) is 13.3 Å². The summed E-state index contributed by atoms with van der Waals surface area (Å²) in [6.45, 7) is 1.37. The van der Waals surface area contributed by atoms with Crippen LogP contribution in [0, 0.1) is 0 Å². The van der Waals surface area contributed by atoms with E-state index in [1.807, 2.05) is 24.3 Å². The molecule has 0 atom stereocenters. The van der Waals surface area contributed by atoms with Crippen LogP contribution in [0.15, 0.2) is 60.8 Å². The van der Waals surface area contributed by atoms with Gasteiger partial charge in [-0.3, -0.25) is 9.59 Å². The number of anilines is 1. The molecule has 8 heteroatoms. The number of amides is 1. The third kappa shape index (κ3) is 4.71. The Hall–Kier alpha value is -3.35. The zero-order valence-corrected chi connectivity index (χ0v) is 17.8. The predicted octanol–water partition coefficient (Wildman–Crippen LogP) is 5.89. The second kappa shape index (κ2) is 8.79. The fourth-order valence-electron chi connectivity index (χ4n) is 3.13. The summed E-state index contributed by atoms with van der Waals surface area (Å²) in [5, 5.41) is 3.43. The Labute approximate surface area is 188 Å². The summed E-state index contributed by atoms with van der Waals surface area (Å²) < 4.78 is 11.2. The van der Waals surface area contributed by atoms with Gasteiger partial charge in [-0.15, -0.1) is 0 Å². The SMILES string of the molecule is CC(=O)OC1=CCc2c(Oc3ccc(NC(=O)c4ccc(Cl)c(Cl)c4)cn3)cccc21. The second-order valence-electron chi connectivity index (χ2n) is 6.72. The topological polar surface area (TPSA) is 77.5 Å². The molecule has 1 aromatic heterocycles. The highest BCUT2D eigenvalue weighted by molar-refractivity contribution is 6.42. The van der Waals surface area contributed by atoms with Crippen LogP contribution >= 0.6 is 23.2 Å². The number of fused-ring (bicyclic) bond motifs is 1. The van der Waals surface area contributed by atoms with Crippen molar-refractivity contribution in [2.75, 3.05) is 5.32 Å². The van der Waals surface area contributed by atoms with E-state index in [0.717, 1.165) is 11.1 Å². The normalized spacial score (nSPS) is 12.0. The molecule has 1 aliphatic rings. The number of benzene rings is 2. The van der Waals surface area contributed by atoms with Crippen molar-refractivity contribution in [3.63, 3.8) is 0 Å². The van der Waals surface area contributed by atoms with Crippen LogP contribution in [0.1, 0.15) is 28.4 Å². The molecule has 1 heterocycles. The third-order valence-corrected chi connectivity index (χ3v) is 5.27. The monoisotopic (exact) mass is 454 g/mol. The van der Waals surface area contributed by atoms with E-state index in [9.17, 15) is 9.59 Å². The van der Waals surface area contributed by atoms with Crippen molar-refractivity contribution in [3.05, 3.63) is 87.5 Å². The van der Waals surface area contributed by atoms with Gasteiger partial charge in [0.05, 0.1) is 21.9 Å². The number of nitrogens with zero attached hydrogens (tertiary/aromatic N) is 1. The summed E-state index contributed by atoms with van der Waals surface area (Å²) in [4.78, 5) is 27.9. The molecule has 1 N–H and O–H groups in total. The number of rotatable bonds is 5. The minimum atomic E-state index is -0.370. The molecule has 156 valence electrons. The zero-order valence-electron chi connectivity index (χ0n) is 16.3. The van der Waals surface area contributed by atoms with Crippen LogP contribution in [0.25, 0.3) is 5.76 Å². The minimum Gasteiger partial charge on any atom is -0.439 e. The van der Waals surface area contributed by atoms with E-state index in [4.69, 9.17) is 32.7 Å². The van der Waals surface area contributed by atoms with Crippen LogP contribution in [0.5, 0.6) is 11.6 Å². The fraction of sp³-hybridized carbons (Fsp3) is 0.0870. The number of esters is 1. The molecule has 0 aliphatic heterocycles. The van der Waals surface area contributed by atoms with E-state index < -0.39 is 0 Å². The Morgan fingerprint density at radius 1 is 1.06 bits per heavy atom. The van der Waals surface area contributed by atoms with Gasteiger partial charge in [-0.05, 0) is 42.8 Å². The molecule has 0 saturated carbocycles. The molecule has 0 bridgehead atoms. The molecular weight excluding hydrogens is 439 g/mol. The van der Waals surface area contributed by atoms with Crippen molar-refractivity contribution < 1.29 is 19.1 Å². The van der Waals surface area contributed by atoms with Crippen molar-refractivity contribution in [1.82, 2.24) is 4.98 Å². The summed E-state index contributed by atoms with van der Waals surface area (Å²) in [7, 11) is 0. The number of carbonyl (C=O) groups is 2. The number of halogens is 2. The average Bonchev–Trinajstić information content (AvgIpc) is 3.14. The molecule has 0 saturated heterocycles. The van der Waals surface area contributed by atoms with Crippen LogP contribution in [-0.4, -0.2) is 16.9 Å². The van der Waals surface area contributed by atoms with E-state index in [1.165, 1.54) is 19.2 Å². The highest BCUT2D eigenvalue weighted by Crippen LogP contribution is 2.36. The lowest BCUT2D eigenvalue weighted by atomic mass is 10.1. The van der Waals surface area contributed by atoms with Gasteiger partial charge in [-0.25, -0.2) is 4.98 Å². The lowest BCUT2D eigenvalue weighted by molar-refractivity contribution is -0.134. The second-order valence-corrected chi connectivity index (χ2v) is 7.53. The number of hydrogen-bond donors (Lipinski definition) is 1. The van der Waals surface area contributed by atoms with Gasteiger partial charge in [-0.1, -0.05) is 35.3 Å². The molecule has 0 radical (unpaired) electrons. The van der Waals surface area contributed by atoms with E-state index in [2.05, 4.69) is 10.3 Å². The Bertz CT molecular complexity index is 1210. The Morgan fingerprint density at radius 3 is 2.61 bits per heavy atom. The van der Waals surface area contributed by atoms with Crippen molar-refractivity contribution in [1.29, 1.82) is 0 Å². The first-order valence-corrected chi connectivity index (χ1v) is 10.1. The van der Waals surface area contributed by atoms with E-state index in [-0.39, 0.29) is 11.9 Å². The Kier molecular flexibility index (Phi) is 5.93. The summed E-state index contributed by atoms with van der Waals surface area (Å²) in [6, 6.07) is 13.5. The number of allylic oxidation sites excluding steroid dienone is 1. The summed E-state index contributed by atoms with van der Waals surface area (Å²) in [5.41, 5.74) is 2.61. The molecule has 0 spiro atoms. The van der Waals surface area contributed by atoms with E-state index in [0.29, 0.717) is 45.1 Å². The highest BCUT2D eigenvalue weighted by Gasteiger charge is 2.21. The van der Waals surface area contributed by atoms with Crippen molar-refractivity contribution in [2.24, 2.45) is 0 Å². The van der Waals surface area contributed by atoms with Crippen molar-refractivity contribution in [3.8, 4) is 11.6 Å². The van der Waals surface area contributed by atoms with Gasteiger partial charge in [0.1, 0.15) is 11.5 Å². The molecule has 2 aromatic carbocycles. The molecule has 31 heavy (non-hydrogen) atoms. The summed E-state index contributed by atoms with van der Waals surface area (Å²) in [5.74, 6) is 0.809. The number of nitrogens with one attached hydrogen (secondary N) is 1. The number of aromatic nitrogens is 1. The van der Waals surface area contributed by atoms with Crippen LogP contribution < -0.4 is 10.1 Å². The molecule has 1 aliphatic carbocycles. The molecule has 4 rings (SSSR count). The first kappa shape index (κ1) is 20.9. The van der Waals surface area contributed by atoms with Crippen LogP contribution in [0.3, 0.4) is 0 Å². The number of carbonyl (C=O) groups excluding carboxylic acids is 2. The van der Waals surface area contributed by atoms with Crippen LogP contribution in [0.4, 0.5) is 5.69 Å². The van der Waals surface area contributed by atoms with Crippen LogP contribution in [-0.2, 0) is 16.0 Å². The Morgan fingerprint density at radius 2 is 1.90 bits per heavy atom. The first-order chi connectivity index (χ1) is 14.9. The summed E-state index contributed by atoms with van der Waals surface area (Å²) >= 11 is 11.8. The van der Waals surface area contributed by atoms with E-state index in [1.54, 1.807) is 24.3 Å². The van der Waals surface area contributed by atoms with Gasteiger partial charge in [0.25, 0.3) is 5.91 Å². The Balaban J connectivity index is 1.45. The maximum atomic E-state index is 12.4. The maximum Gasteiger partial charge on any atom is 0.308 e. The third-order valence-electron chi connectivity index (χ3n) is 4.53. The number of pyridine rings is 1. The predicted molar refractivity (Wildman–Crippen MR) is 119 cm³/mol. The molecular formula is C23H16Cl2N2O4. The fourth-order valence-corrected chi connectivity index (χ4v) is 3.42. The van der Waals surface area contributed by atoms with Gasteiger partial charge < -0.3 is 14.8 Å². The zero-order chi connectivity index (χ0) is 22.0. The standard InChI is InChI=1S/C23H16Cl2N2O4/c1-13(28)30-21-9-7-17-16(21)3-2-4-20(17)31-22-10-6-15(12-26-22)27-23(29)14-5-8-18(24)19(25)11-14/h2-6,8-12H,7H2,1H3,(H,27,29). The number of ether oxygens (including phenoxy) is 2. The van der Waals surface area contributed by atoms with Crippen molar-refractivity contribution >= 4 is 46.5 Å². The molecule has 6 nitrogen and oxygen atoms in total. The average molecular weight is 455 g/mol. The molecule has 0 fully saturated rings. The lowest BCUT2D eigenvalue weighted by Gasteiger charge is -2.11. The first-order valence-electron chi connectivity index (χ1n) is 9.32.